The number of rotatable bonds is 5. The summed E-state index contributed by atoms with van der Waals surface area (Å²) < 4.78 is 0. The number of carbonyl (C=O) groups is 1. The molecule has 0 unspecified atom stereocenters. The predicted molar refractivity (Wildman–Crippen MR) is 82.2 cm³/mol. The van der Waals surface area contributed by atoms with Gasteiger partial charge in [0.05, 0.1) is 5.56 Å². The zero-order valence-corrected chi connectivity index (χ0v) is 11.8. The van der Waals surface area contributed by atoms with Crippen molar-refractivity contribution in [1.29, 1.82) is 0 Å². The minimum absolute atomic E-state index is 0.161. The SMILES string of the molecule is CCCc1ccc(NC(=O)c2cnccc2NC)cc1. The molecule has 0 aliphatic heterocycles. The van der Waals surface area contributed by atoms with E-state index in [0.29, 0.717) is 5.56 Å². The van der Waals surface area contributed by atoms with Crippen LogP contribution in [-0.4, -0.2) is 17.9 Å². The summed E-state index contributed by atoms with van der Waals surface area (Å²) >= 11 is 0. The molecule has 0 radical (unpaired) electrons. The van der Waals surface area contributed by atoms with Crippen LogP contribution in [0.25, 0.3) is 0 Å². The van der Waals surface area contributed by atoms with Gasteiger partial charge >= 0.3 is 0 Å². The molecule has 0 saturated carbocycles. The molecule has 2 N–H and O–H groups in total. The van der Waals surface area contributed by atoms with E-state index in [9.17, 15) is 4.79 Å². The molecule has 0 aliphatic carbocycles. The molecule has 1 aromatic heterocycles. The Morgan fingerprint density at radius 3 is 2.60 bits per heavy atom. The summed E-state index contributed by atoms with van der Waals surface area (Å²) in [7, 11) is 1.78. The molecule has 0 bridgehead atoms. The monoisotopic (exact) mass is 269 g/mol. The first-order chi connectivity index (χ1) is 9.74. The van der Waals surface area contributed by atoms with Crippen molar-refractivity contribution in [2.45, 2.75) is 19.8 Å². The van der Waals surface area contributed by atoms with E-state index in [4.69, 9.17) is 0 Å². The zero-order valence-electron chi connectivity index (χ0n) is 11.8. The molecule has 2 aromatic rings. The molecule has 1 heterocycles. The Bertz CT molecular complexity index is 579. The number of benzene rings is 1. The van der Waals surface area contributed by atoms with Gasteiger partial charge < -0.3 is 10.6 Å². The number of carbonyl (C=O) groups excluding carboxylic acids is 1. The molecule has 0 fully saturated rings. The van der Waals surface area contributed by atoms with E-state index < -0.39 is 0 Å². The number of aromatic nitrogens is 1. The zero-order chi connectivity index (χ0) is 14.4. The second-order valence-corrected chi connectivity index (χ2v) is 4.57. The second kappa shape index (κ2) is 6.70. The number of aryl methyl sites for hydroxylation is 1. The van der Waals surface area contributed by atoms with Crippen LogP contribution in [0.1, 0.15) is 29.3 Å². The fourth-order valence-electron chi connectivity index (χ4n) is 2.04. The Balaban J connectivity index is 2.11. The van der Waals surface area contributed by atoms with Gasteiger partial charge in [0, 0.05) is 30.8 Å². The van der Waals surface area contributed by atoms with Gasteiger partial charge in [-0.1, -0.05) is 25.5 Å². The van der Waals surface area contributed by atoms with Crippen LogP contribution in [0.5, 0.6) is 0 Å². The molecule has 4 heteroatoms. The van der Waals surface area contributed by atoms with Gasteiger partial charge in [-0.25, -0.2) is 0 Å². The van der Waals surface area contributed by atoms with Gasteiger partial charge in [-0.15, -0.1) is 0 Å². The Labute approximate surface area is 119 Å². The van der Waals surface area contributed by atoms with Crippen molar-refractivity contribution in [2.24, 2.45) is 0 Å². The summed E-state index contributed by atoms with van der Waals surface area (Å²) in [6.45, 7) is 2.15. The van der Waals surface area contributed by atoms with Gasteiger partial charge in [0.2, 0.25) is 0 Å². The summed E-state index contributed by atoms with van der Waals surface area (Å²) in [5.74, 6) is -0.161. The van der Waals surface area contributed by atoms with Crippen molar-refractivity contribution in [3.63, 3.8) is 0 Å². The standard InChI is InChI=1S/C16H19N3O/c1-3-4-12-5-7-13(8-6-12)19-16(20)14-11-18-10-9-15(14)17-2/h5-11H,3-4H2,1-2H3,(H,17,18)(H,19,20). The van der Waals surface area contributed by atoms with Crippen molar-refractivity contribution in [3.05, 3.63) is 53.9 Å². The van der Waals surface area contributed by atoms with E-state index in [1.807, 2.05) is 24.3 Å². The first-order valence-corrected chi connectivity index (χ1v) is 6.76. The number of anilines is 2. The molecule has 4 nitrogen and oxygen atoms in total. The van der Waals surface area contributed by atoms with E-state index in [1.165, 1.54) is 5.56 Å². The lowest BCUT2D eigenvalue weighted by molar-refractivity contribution is 0.102. The van der Waals surface area contributed by atoms with Crippen molar-refractivity contribution in [1.82, 2.24) is 4.98 Å². The first kappa shape index (κ1) is 14.1. The minimum atomic E-state index is -0.161. The van der Waals surface area contributed by atoms with E-state index in [2.05, 4.69) is 22.5 Å². The number of hydrogen-bond acceptors (Lipinski definition) is 3. The summed E-state index contributed by atoms with van der Waals surface area (Å²) in [5, 5.41) is 5.87. The summed E-state index contributed by atoms with van der Waals surface area (Å²) in [6.07, 6.45) is 5.39. The maximum atomic E-state index is 12.2. The van der Waals surface area contributed by atoms with Gasteiger partial charge in [0.15, 0.2) is 0 Å². The number of nitrogens with one attached hydrogen (secondary N) is 2. The van der Waals surface area contributed by atoms with Crippen molar-refractivity contribution in [2.75, 3.05) is 17.7 Å². The van der Waals surface area contributed by atoms with Gasteiger partial charge in [-0.05, 0) is 30.2 Å². The van der Waals surface area contributed by atoms with E-state index in [1.54, 1.807) is 25.5 Å². The van der Waals surface area contributed by atoms with Crippen LogP contribution < -0.4 is 10.6 Å². The van der Waals surface area contributed by atoms with Gasteiger partial charge in [0.1, 0.15) is 0 Å². The highest BCUT2D eigenvalue weighted by Crippen LogP contribution is 2.16. The lowest BCUT2D eigenvalue weighted by atomic mass is 10.1. The average Bonchev–Trinajstić information content (AvgIpc) is 2.49. The van der Waals surface area contributed by atoms with Crippen LogP contribution in [0, 0.1) is 0 Å². The lowest BCUT2D eigenvalue weighted by Gasteiger charge is -2.09. The van der Waals surface area contributed by atoms with E-state index >= 15 is 0 Å². The van der Waals surface area contributed by atoms with Crippen molar-refractivity contribution >= 4 is 17.3 Å². The number of hydrogen-bond donors (Lipinski definition) is 2. The molecule has 0 atom stereocenters. The molecular formula is C16H19N3O. The number of pyridine rings is 1. The number of amides is 1. The topological polar surface area (TPSA) is 54.0 Å². The summed E-state index contributed by atoms with van der Waals surface area (Å²) in [4.78, 5) is 16.2. The molecule has 0 aliphatic rings. The van der Waals surface area contributed by atoms with Crippen LogP contribution in [0.15, 0.2) is 42.7 Å². The van der Waals surface area contributed by atoms with Crippen LogP contribution >= 0.6 is 0 Å². The van der Waals surface area contributed by atoms with Crippen LogP contribution in [0.2, 0.25) is 0 Å². The van der Waals surface area contributed by atoms with Gasteiger partial charge in [-0.3, -0.25) is 9.78 Å². The molecule has 1 aromatic carbocycles. The fourth-order valence-corrected chi connectivity index (χ4v) is 2.04. The van der Waals surface area contributed by atoms with E-state index in [0.717, 1.165) is 24.2 Å². The van der Waals surface area contributed by atoms with Crippen molar-refractivity contribution in [3.8, 4) is 0 Å². The Kier molecular flexibility index (Phi) is 4.71. The highest BCUT2D eigenvalue weighted by Gasteiger charge is 2.10. The average molecular weight is 269 g/mol. The van der Waals surface area contributed by atoms with Crippen LogP contribution in [0.4, 0.5) is 11.4 Å². The normalized spacial score (nSPS) is 10.1. The Hall–Kier alpha value is -2.36. The first-order valence-electron chi connectivity index (χ1n) is 6.76. The maximum absolute atomic E-state index is 12.2. The predicted octanol–water partition coefficient (Wildman–Crippen LogP) is 3.33. The molecule has 0 saturated heterocycles. The second-order valence-electron chi connectivity index (χ2n) is 4.57. The van der Waals surface area contributed by atoms with E-state index in [-0.39, 0.29) is 5.91 Å². The fraction of sp³-hybridized carbons (Fsp3) is 0.250. The largest absolute Gasteiger partial charge is 0.387 e. The maximum Gasteiger partial charge on any atom is 0.259 e. The third-order valence-corrected chi connectivity index (χ3v) is 3.09. The highest BCUT2D eigenvalue weighted by atomic mass is 16.1. The molecule has 104 valence electrons. The number of nitrogens with zero attached hydrogens (tertiary/aromatic N) is 1. The van der Waals surface area contributed by atoms with Crippen molar-refractivity contribution < 1.29 is 4.79 Å². The molecule has 2 rings (SSSR count). The summed E-state index contributed by atoms with van der Waals surface area (Å²) in [6, 6.07) is 9.72. The molecule has 1 amide bonds. The summed E-state index contributed by atoms with van der Waals surface area (Å²) in [5.41, 5.74) is 3.37. The molecular weight excluding hydrogens is 250 g/mol. The minimum Gasteiger partial charge on any atom is -0.387 e. The lowest BCUT2D eigenvalue weighted by Crippen LogP contribution is -2.14. The molecule has 0 spiro atoms. The third-order valence-electron chi connectivity index (χ3n) is 3.09. The van der Waals surface area contributed by atoms with Gasteiger partial charge in [-0.2, -0.15) is 0 Å². The third kappa shape index (κ3) is 3.35. The quantitative estimate of drug-likeness (QED) is 0.875. The van der Waals surface area contributed by atoms with Crippen LogP contribution in [0.3, 0.4) is 0 Å². The molecule has 20 heavy (non-hydrogen) atoms. The van der Waals surface area contributed by atoms with Crippen LogP contribution in [-0.2, 0) is 6.42 Å². The Morgan fingerprint density at radius 1 is 1.20 bits per heavy atom. The highest BCUT2D eigenvalue weighted by molar-refractivity contribution is 6.07. The Morgan fingerprint density at radius 2 is 1.95 bits per heavy atom. The van der Waals surface area contributed by atoms with Gasteiger partial charge in [0.25, 0.3) is 5.91 Å². The smallest absolute Gasteiger partial charge is 0.259 e.